The molecule has 6 nitrogen and oxygen atoms in total. The van der Waals surface area contributed by atoms with E-state index in [0.717, 1.165) is 39.1 Å². The van der Waals surface area contributed by atoms with Crippen LogP contribution in [-0.4, -0.2) is 72.3 Å². The van der Waals surface area contributed by atoms with Gasteiger partial charge in [0.2, 0.25) is 5.91 Å². The number of thiazole rings is 1. The highest BCUT2D eigenvalue weighted by Gasteiger charge is 2.42. The number of carbonyl (C=O) groups excluding carboxylic acids is 1. The van der Waals surface area contributed by atoms with Crippen molar-refractivity contribution in [1.82, 2.24) is 14.8 Å². The summed E-state index contributed by atoms with van der Waals surface area (Å²) in [5.74, 6) is 0.787. The third-order valence-electron chi connectivity index (χ3n) is 5.00. The topological polar surface area (TPSA) is 54.9 Å². The van der Waals surface area contributed by atoms with E-state index >= 15 is 0 Å². The van der Waals surface area contributed by atoms with Gasteiger partial charge in [0.1, 0.15) is 5.01 Å². The second kappa shape index (κ2) is 6.84. The van der Waals surface area contributed by atoms with Crippen molar-refractivity contribution >= 4 is 17.2 Å². The van der Waals surface area contributed by atoms with E-state index in [1.165, 1.54) is 5.01 Å². The lowest BCUT2D eigenvalue weighted by Crippen LogP contribution is -2.42. The number of likely N-dealkylation sites (tertiary alicyclic amines) is 1. The Morgan fingerprint density at radius 3 is 2.96 bits per heavy atom. The van der Waals surface area contributed by atoms with E-state index < -0.39 is 0 Å². The fourth-order valence-electron chi connectivity index (χ4n) is 3.87. The van der Waals surface area contributed by atoms with Gasteiger partial charge in [0.15, 0.2) is 0 Å². The summed E-state index contributed by atoms with van der Waals surface area (Å²) in [5, 5.41) is 3.19. The summed E-state index contributed by atoms with van der Waals surface area (Å²) >= 11 is 1.71. The van der Waals surface area contributed by atoms with Crippen LogP contribution in [0.3, 0.4) is 0 Å². The molecule has 1 aromatic rings. The zero-order chi connectivity index (χ0) is 15.6. The highest BCUT2D eigenvalue weighted by atomic mass is 32.1. The predicted octanol–water partition coefficient (Wildman–Crippen LogP) is 0.981. The quantitative estimate of drug-likeness (QED) is 0.820. The summed E-state index contributed by atoms with van der Waals surface area (Å²) in [5.41, 5.74) is 0. The van der Waals surface area contributed by atoms with Crippen molar-refractivity contribution in [1.29, 1.82) is 0 Å². The van der Waals surface area contributed by atoms with Crippen LogP contribution in [0, 0.1) is 5.92 Å². The van der Waals surface area contributed by atoms with Crippen LogP contribution in [0.2, 0.25) is 0 Å². The average molecular weight is 337 g/mol. The number of rotatable bonds is 4. The van der Waals surface area contributed by atoms with Crippen molar-refractivity contribution < 1.29 is 14.3 Å². The zero-order valence-corrected chi connectivity index (χ0v) is 14.0. The van der Waals surface area contributed by atoms with Crippen LogP contribution >= 0.6 is 11.3 Å². The average Bonchev–Trinajstić information content (AvgIpc) is 3.25. The molecule has 126 valence electrons. The summed E-state index contributed by atoms with van der Waals surface area (Å²) in [6.45, 7) is 5.72. The fraction of sp³-hybridized carbons (Fsp3) is 0.750. The first-order valence-corrected chi connectivity index (χ1v) is 9.27. The van der Waals surface area contributed by atoms with Crippen LogP contribution in [0.25, 0.3) is 0 Å². The van der Waals surface area contributed by atoms with Gasteiger partial charge < -0.3 is 14.4 Å². The number of amides is 1. The van der Waals surface area contributed by atoms with Gasteiger partial charge in [0, 0.05) is 43.7 Å². The summed E-state index contributed by atoms with van der Waals surface area (Å²) in [7, 11) is 0. The molecule has 0 radical (unpaired) electrons. The molecule has 3 atom stereocenters. The van der Waals surface area contributed by atoms with Crippen molar-refractivity contribution in [2.45, 2.75) is 31.6 Å². The maximum Gasteiger partial charge on any atom is 0.225 e. The van der Waals surface area contributed by atoms with Crippen LogP contribution in [0.4, 0.5) is 0 Å². The highest BCUT2D eigenvalue weighted by Crippen LogP contribution is 2.35. The maximum atomic E-state index is 12.3. The first-order valence-electron chi connectivity index (χ1n) is 8.39. The predicted molar refractivity (Wildman–Crippen MR) is 86.2 cm³/mol. The second-order valence-corrected chi connectivity index (χ2v) is 7.59. The summed E-state index contributed by atoms with van der Waals surface area (Å²) < 4.78 is 11.5. The molecule has 0 N–H and O–H groups in total. The molecule has 3 saturated heterocycles. The maximum absolute atomic E-state index is 12.3. The molecular weight excluding hydrogens is 314 g/mol. The van der Waals surface area contributed by atoms with Crippen molar-refractivity contribution in [3.63, 3.8) is 0 Å². The van der Waals surface area contributed by atoms with Crippen LogP contribution in [0.5, 0.6) is 0 Å². The molecule has 0 spiro atoms. The SMILES string of the molecule is O=C(C[C@H]1C[C@H]2CN(Cc3nccs3)C[C@H]2O1)N1CCOCC1. The van der Waals surface area contributed by atoms with Gasteiger partial charge in [-0.15, -0.1) is 11.3 Å². The number of fused-ring (bicyclic) bond motifs is 1. The van der Waals surface area contributed by atoms with Crippen LogP contribution < -0.4 is 0 Å². The lowest BCUT2D eigenvalue weighted by Gasteiger charge is -2.28. The number of hydrogen-bond donors (Lipinski definition) is 0. The molecule has 0 aromatic carbocycles. The molecule has 4 heterocycles. The Hall–Kier alpha value is -1.02. The Bertz CT molecular complexity index is 519. The number of ether oxygens (including phenoxy) is 2. The van der Waals surface area contributed by atoms with Gasteiger partial charge in [-0.2, -0.15) is 0 Å². The highest BCUT2D eigenvalue weighted by molar-refractivity contribution is 7.09. The van der Waals surface area contributed by atoms with Crippen molar-refractivity contribution in [2.75, 3.05) is 39.4 Å². The second-order valence-electron chi connectivity index (χ2n) is 6.61. The van der Waals surface area contributed by atoms with E-state index in [0.29, 0.717) is 25.6 Å². The third-order valence-corrected chi connectivity index (χ3v) is 5.76. The molecule has 3 aliphatic rings. The normalized spacial score (nSPS) is 31.5. The molecule has 1 amide bonds. The lowest BCUT2D eigenvalue weighted by atomic mass is 10.0. The third kappa shape index (κ3) is 3.57. The summed E-state index contributed by atoms with van der Waals surface area (Å²) in [4.78, 5) is 21.0. The van der Waals surface area contributed by atoms with Gasteiger partial charge in [-0.3, -0.25) is 9.69 Å². The Morgan fingerprint density at radius 2 is 2.22 bits per heavy atom. The largest absolute Gasteiger partial charge is 0.378 e. The number of nitrogens with zero attached hydrogens (tertiary/aromatic N) is 3. The molecule has 7 heteroatoms. The molecule has 3 aliphatic heterocycles. The minimum absolute atomic E-state index is 0.0994. The van der Waals surface area contributed by atoms with Gasteiger partial charge >= 0.3 is 0 Å². The van der Waals surface area contributed by atoms with E-state index in [1.54, 1.807) is 11.3 Å². The summed E-state index contributed by atoms with van der Waals surface area (Å²) in [6, 6.07) is 0. The van der Waals surface area contributed by atoms with Gasteiger partial charge in [-0.05, 0) is 6.42 Å². The monoisotopic (exact) mass is 337 g/mol. The standard InChI is InChI=1S/C16H23N3O3S/c20-16(19-2-4-21-5-3-19)8-13-7-12-9-18(10-14(12)22-13)11-15-17-1-6-23-15/h1,6,12-14H,2-5,7-11H2/t12-,13+,14+/m0/s1. The number of hydrogen-bond acceptors (Lipinski definition) is 6. The van der Waals surface area contributed by atoms with E-state index in [4.69, 9.17) is 9.47 Å². The van der Waals surface area contributed by atoms with Crippen LogP contribution in [0.1, 0.15) is 17.8 Å². The molecule has 23 heavy (non-hydrogen) atoms. The van der Waals surface area contributed by atoms with Crippen molar-refractivity contribution in [3.8, 4) is 0 Å². The van der Waals surface area contributed by atoms with E-state index in [2.05, 4.69) is 9.88 Å². The molecule has 3 fully saturated rings. The lowest BCUT2D eigenvalue weighted by molar-refractivity contribution is -0.138. The number of aromatic nitrogens is 1. The first kappa shape index (κ1) is 15.5. The summed E-state index contributed by atoms with van der Waals surface area (Å²) in [6.07, 6.45) is 3.79. The molecular formula is C16H23N3O3S. The first-order chi connectivity index (χ1) is 11.3. The fourth-order valence-corrected chi connectivity index (χ4v) is 4.53. The van der Waals surface area contributed by atoms with E-state index in [-0.39, 0.29) is 18.1 Å². The van der Waals surface area contributed by atoms with Gasteiger partial charge in [-0.25, -0.2) is 4.98 Å². The molecule has 0 unspecified atom stereocenters. The number of carbonyl (C=O) groups is 1. The Kier molecular flexibility index (Phi) is 4.61. The van der Waals surface area contributed by atoms with Gasteiger partial charge in [0.25, 0.3) is 0 Å². The smallest absolute Gasteiger partial charge is 0.225 e. The Balaban J connectivity index is 1.24. The molecule has 0 bridgehead atoms. The molecule has 0 aliphatic carbocycles. The molecule has 4 rings (SSSR count). The Labute approximate surface area is 140 Å². The molecule has 0 saturated carbocycles. The number of morpholine rings is 1. The zero-order valence-electron chi connectivity index (χ0n) is 13.2. The van der Waals surface area contributed by atoms with Gasteiger partial charge in [-0.1, -0.05) is 0 Å². The molecule has 1 aromatic heterocycles. The van der Waals surface area contributed by atoms with Crippen molar-refractivity contribution in [3.05, 3.63) is 16.6 Å². The van der Waals surface area contributed by atoms with Gasteiger partial charge in [0.05, 0.1) is 38.4 Å². The van der Waals surface area contributed by atoms with Crippen molar-refractivity contribution in [2.24, 2.45) is 5.92 Å². The van der Waals surface area contributed by atoms with Crippen LogP contribution in [0.15, 0.2) is 11.6 Å². The minimum Gasteiger partial charge on any atom is -0.378 e. The minimum atomic E-state index is 0.0994. The van der Waals surface area contributed by atoms with Crippen LogP contribution in [-0.2, 0) is 20.8 Å². The van der Waals surface area contributed by atoms with E-state index in [1.807, 2.05) is 16.5 Å². The Morgan fingerprint density at radius 1 is 1.35 bits per heavy atom. The van der Waals surface area contributed by atoms with E-state index in [9.17, 15) is 4.79 Å².